The molecule has 1 aliphatic carbocycles. The van der Waals surface area contributed by atoms with E-state index >= 15 is 0 Å². The van der Waals surface area contributed by atoms with Gasteiger partial charge >= 0.3 is 0 Å². The lowest BCUT2D eigenvalue weighted by molar-refractivity contribution is 0.436. The van der Waals surface area contributed by atoms with E-state index in [1.54, 1.807) is 24.5 Å². The van der Waals surface area contributed by atoms with Gasteiger partial charge in [-0.2, -0.15) is 0 Å². The molecule has 4 nitrogen and oxygen atoms in total. The van der Waals surface area contributed by atoms with Crippen LogP contribution in [0.25, 0.3) is 0 Å². The number of aromatic nitrogens is 1. The molecule has 0 amide bonds. The summed E-state index contributed by atoms with van der Waals surface area (Å²) in [7, 11) is 0. The molecule has 0 bridgehead atoms. The summed E-state index contributed by atoms with van der Waals surface area (Å²) >= 11 is 0. The lowest BCUT2D eigenvalue weighted by Gasteiger charge is -2.03. The summed E-state index contributed by atoms with van der Waals surface area (Å²) in [5, 5.41) is 3.42. The van der Waals surface area contributed by atoms with Crippen LogP contribution in [0.3, 0.4) is 0 Å². The highest BCUT2D eigenvalue weighted by molar-refractivity contribution is 5.08. The minimum atomic E-state index is 0.0278. The Morgan fingerprint density at radius 2 is 1.89 bits per heavy atom. The first-order valence-electron chi connectivity index (χ1n) is 6.27. The van der Waals surface area contributed by atoms with Gasteiger partial charge in [-0.05, 0) is 25.0 Å². The Labute approximate surface area is 105 Å². The molecule has 2 heterocycles. The normalized spacial score (nSPS) is 14.9. The number of nitrogens with one attached hydrogen (secondary N) is 1. The Morgan fingerprint density at radius 1 is 1.17 bits per heavy atom. The third kappa shape index (κ3) is 2.90. The topological polar surface area (TPSA) is 47.2 Å². The van der Waals surface area contributed by atoms with Gasteiger partial charge in [0.25, 0.3) is 0 Å². The van der Waals surface area contributed by atoms with Crippen molar-refractivity contribution in [2.45, 2.75) is 32.0 Å². The molecule has 3 rings (SSSR count). The van der Waals surface area contributed by atoms with E-state index < -0.39 is 0 Å². The Morgan fingerprint density at radius 3 is 2.61 bits per heavy atom. The van der Waals surface area contributed by atoms with Gasteiger partial charge in [0, 0.05) is 30.6 Å². The number of hydrogen-bond donors (Lipinski definition) is 1. The molecule has 1 saturated carbocycles. The fourth-order valence-electron chi connectivity index (χ4n) is 1.86. The van der Waals surface area contributed by atoms with Gasteiger partial charge in [0.1, 0.15) is 11.5 Å². The first-order valence-corrected chi connectivity index (χ1v) is 6.27. The monoisotopic (exact) mass is 244 g/mol. The third-order valence-corrected chi connectivity index (χ3v) is 3.06. The Balaban J connectivity index is 1.61. The maximum absolute atomic E-state index is 11.0. The molecular weight excluding hydrogens is 228 g/mol. The lowest BCUT2D eigenvalue weighted by Crippen LogP contribution is -2.14. The average Bonchev–Trinajstić information content (AvgIpc) is 3.10. The first-order chi connectivity index (χ1) is 8.79. The molecule has 0 aromatic carbocycles. The fraction of sp³-hybridized carbons (Fsp3) is 0.357. The highest BCUT2D eigenvalue weighted by atomic mass is 16.3. The van der Waals surface area contributed by atoms with Crippen molar-refractivity contribution in [3.05, 3.63) is 58.4 Å². The minimum Gasteiger partial charge on any atom is -0.463 e. The van der Waals surface area contributed by atoms with Crippen LogP contribution in [-0.4, -0.2) is 10.6 Å². The average molecular weight is 244 g/mol. The quantitative estimate of drug-likeness (QED) is 0.871. The Bertz CT molecular complexity index is 561. The number of rotatable bonds is 5. The van der Waals surface area contributed by atoms with Crippen LogP contribution in [0.2, 0.25) is 0 Å². The molecule has 2 aromatic rings. The third-order valence-electron chi connectivity index (χ3n) is 3.06. The second-order valence-electron chi connectivity index (χ2n) is 4.73. The van der Waals surface area contributed by atoms with Gasteiger partial charge in [-0.25, -0.2) is 0 Å². The van der Waals surface area contributed by atoms with Crippen molar-refractivity contribution in [2.24, 2.45) is 0 Å². The molecular formula is C14H16N2O2. The predicted octanol–water partition coefficient (Wildman–Crippen LogP) is 1.74. The number of nitrogens with zero attached hydrogens (tertiary/aromatic N) is 1. The second-order valence-corrected chi connectivity index (χ2v) is 4.73. The smallest absolute Gasteiger partial charge is 0.181 e. The van der Waals surface area contributed by atoms with Crippen LogP contribution in [0.4, 0.5) is 0 Å². The van der Waals surface area contributed by atoms with Crippen molar-refractivity contribution in [1.82, 2.24) is 9.88 Å². The van der Waals surface area contributed by atoms with E-state index in [2.05, 4.69) is 5.32 Å². The highest BCUT2D eigenvalue weighted by Crippen LogP contribution is 2.19. The van der Waals surface area contributed by atoms with Gasteiger partial charge in [-0.15, -0.1) is 0 Å². The second kappa shape index (κ2) is 4.82. The Hall–Kier alpha value is -1.81. The van der Waals surface area contributed by atoms with Gasteiger partial charge in [0.05, 0.1) is 13.1 Å². The SMILES string of the molecule is O=c1ccn(Cc2ccc(CNC3CC3)o2)cc1. The van der Waals surface area contributed by atoms with Crippen molar-refractivity contribution in [3.63, 3.8) is 0 Å². The number of furan rings is 1. The molecule has 0 saturated heterocycles. The van der Waals surface area contributed by atoms with E-state index in [1.807, 2.05) is 16.7 Å². The van der Waals surface area contributed by atoms with Crippen LogP contribution in [-0.2, 0) is 13.1 Å². The molecule has 1 fully saturated rings. The van der Waals surface area contributed by atoms with Crippen LogP contribution in [0.1, 0.15) is 24.4 Å². The summed E-state index contributed by atoms with van der Waals surface area (Å²) in [4.78, 5) is 11.0. The van der Waals surface area contributed by atoms with E-state index in [1.165, 1.54) is 12.8 Å². The minimum absolute atomic E-state index is 0.0278. The zero-order valence-corrected chi connectivity index (χ0v) is 10.1. The van der Waals surface area contributed by atoms with Crippen molar-refractivity contribution in [3.8, 4) is 0 Å². The Kier molecular flexibility index (Phi) is 3.02. The summed E-state index contributed by atoms with van der Waals surface area (Å²) in [5.74, 6) is 1.88. The first kappa shape index (κ1) is 11.3. The number of pyridine rings is 1. The highest BCUT2D eigenvalue weighted by Gasteiger charge is 2.20. The maximum Gasteiger partial charge on any atom is 0.181 e. The molecule has 1 N–H and O–H groups in total. The van der Waals surface area contributed by atoms with E-state index in [9.17, 15) is 4.79 Å². The summed E-state index contributed by atoms with van der Waals surface area (Å²) in [5.41, 5.74) is 0.0278. The van der Waals surface area contributed by atoms with Gasteiger partial charge in [-0.3, -0.25) is 4.79 Å². The summed E-state index contributed by atoms with van der Waals surface area (Å²) in [6.07, 6.45) is 6.11. The van der Waals surface area contributed by atoms with E-state index in [0.717, 1.165) is 18.1 Å². The molecule has 0 atom stereocenters. The molecule has 0 unspecified atom stereocenters. The molecule has 0 aliphatic heterocycles. The summed E-state index contributed by atoms with van der Waals surface area (Å²) < 4.78 is 7.66. The zero-order chi connectivity index (χ0) is 12.4. The van der Waals surface area contributed by atoms with Crippen molar-refractivity contribution in [1.29, 1.82) is 0 Å². The van der Waals surface area contributed by atoms with Crippen LogP contribution in [0.15, 0.2) is 45.9 Å². The standard InChI is InChI=1S/C14H16N2O2/c17-12-5-7-16(8-6-12)10-14-4-3-13(18-14)9-15-11-1-2-11/h3-8,11,15H,1-2,9-10H2. The van der Waals surface area contributed by atoms with Crippen molar-refractivity contribution >= 4 is 0 Å². The van der Waals surface area contributed by atoms with Crippen LogP contribution in [0, 0.1) is 0 Å². The van der Waals surface area contributed by atoms with E-state index in [0.29, 0.717) is 12.6 Å². The molecule has 1 aliphatic rings. The summed E-state index contributed by atoms with van der Waals surface area (Å²) in [6.45, 7) is 1.46. The predicted molar refractivity (Wildman–Crippen MR) is 68.4 cm³/mol. The van der Waals surface area contributed by atoms with Gasteiger partial charge in [-0.1, -0.05) is 0 Å². The molecule has 0 spiro atoms. The molecule has 0 radical (unpaired) electrons. The lowest BCUT2D eigenvalue weighted by atomic mass is 10.4. The maximum atomic E-state index is 11.0. The van der Waals surface area contributed by atoms with Crippen LogP contribution in [0.5, 0.6) is 0 Å². The van der Waals surface area contributed by atoms with E-state index in [-0.39, 0.29) is 5.43 Å². The molecule has 4 heteroatoms. The van der Waals surface area contributed by atoms with Crippen molar-refractivity contribution < 1.29 is 4.42 Å². The van der Waals surface area contributed by atoms with E-state index in [4.69, 9.17) is 4.42 Å². The van der Waals surface area contributed by atoms with Gasteiger partial charge < -0.3 is 14.3 Å². The largest absolute Gasteiger partial charge is 0.463 e. The van der Waals surface area contributed by atoms with Gasteiger partial charge in [0.15, 0.2) is 5.43 Å². The van der Waals surface area contributed by atoms with Crippen LogP contribution >= 0.6 is 0 Å². The molecule has 18 heavy (non-hydrogen) atoms. The summed E-state index contributed by atoms with van der Waals surface area (Å²) in [6, 6.07) is 7.80. The van der Waals surface area contributed by atoms with Crippen molar-refractivity contribution in [2.75, 3.05) is 0 Å². The zero-order valence-electron chi connectivity index (χ0n) is 10.1. The van der Waals surface area contributed by atoms with Crippen LogP contribution < -0.4 is 10.7 Å². The fourth-order valence-corrected chi connectivity index (χ4v) is 1.86. The van der Waals surface area contributed by atoms with Gasteiger partial charge in [0.2, 0.25) is 0 Å². The molecule has 94 valence electrons. The molecule has 2 aromatic heterocycles. The number of hydrogen-bond acceptors (Lipinski definition) is 3.